The highest BCUT2D eigenvalue weighted by atomic mass is 16.4. The molecule has 0 saturated heterocycles. The number of amides is 1. The minimum Gasteiger partial charge on any atom is -0.480 e. The molecular weight excluding hydrogens is 226 g/mol. The number of hydrogen-bond donors (Lipinski definition) is 3. The summed E-state index contributed by atoms with van der Waals surface area (Å²) < 4.78 is 1.34. The zero-order chi connectivity index (χ0) is 12.8. The van der Waals surface area contributed by atoms with Gasteiger partial charge in [0.15, 0.2) is 0 Å². The molecule has 1 heterocycles. The Bertz CT molecular complexity index is 403. The van der Waals surface area contributed by atoms with Crippen LogP contribution in [0.25, 0.3) is 0 Å². The van der Waals surface area contributed by atoms with E-state index in [1.54, 1.807) is 0 Å². The van der Waals surface area contributed by atoms with Gasteiger partial charge in [0.25, 0.3) is 0 Å². The fraction of sp³-hybridized carbons (Fsp3) is 0.556. The summed E-state index contributed by atoms with van der Waals surface area (Å²) in [7, 11) is 0. The summed E-state index contributed by atoms with van der Waals surface area (Å²) in [5, 5.41) is 18.7. The number of hydrogen-bond acceptors (Lipinski definition) is 5. The summed E-state index contributed by atoms with van der Waals surface area (Å²) in [6, 6.07) is -1.01. The highest BCUT2D eigenvalue weighted by Crippen LogP contribution is 1.97. The van der Waals surface area contributed by atoms with Crippen LogP contribution in [0.2, 0.25) is 0 Å². The van der Waals surface area contributed by atoms with E-state index in [4.69, 9.17) is 10.8 Å². The van der Waals surface area contributed by atoms with Crippen LogP contribution in [0.4, 0.5) is 0 Å². The van der Waals surface area contributed by atoms with E-state index >= 15 is 0 Å². The van der Waals surface area contributed by atoms with Gasteiger partial charge in [-0.15, -0.1) is 5.10 Å². The van der Waals surface area contributed by atoms with Crippen molar-refractivity contribution in [2.45, 2.75) is 25.9 Å². The van der Waals surface area contributed by atoms with Crippen LogP contribution < -0.4 is 11.1 Å². The van der Waals surface area contributed by atoms with E-state index in [2.05, 4.69) is 15.6 Å². The molecule has 1 unspecified atom stereocenters. The van der Waals surface area contributed by atoms with Gasteiger partial charge in [-0.3, -0.25) is 9.59 Å². The third-order valence-electron chi connectivity index (χ3n) is 2.01. The fourth-order valence-corrected chi connectivity index (χ4v) is 1.22. The maximum atomic E-state index is 11.2. The number of carbonyl (C=O) groups is 2. The van der Waals surface area contributed by atoms with Gasteiger partial charge in [0.1, 0.15) is 12.6 Å². The lowest BCUT2D eigenvalue weighted by molar-refractivity contribution is -0.138. The van der Waals surface area contributed by atoms with Crippen molar-refractivity contribution >= 4 is 11.9 Å². The van der Waals surface area contributed by atoms with Gasteiger partial charge in [-0.05, 0) is 6.92 Å². The first-order valence-electron chi connectivity index (χ1n) is 5.17. The molecule has 17 heavy (non-hydrogen) atoms. The standard InChI is InChI=1S/C9H15N5O3/c1-2-11-8(15)5-14-4-6(12-13-14)3-7(10)9(16)17/h4,7H,2-3,5,10H2,1H3,(H,11,15)(H,16,17). The first-order chi connectivity index (χ1) is 8.02. The lowest BCUT2D eigenvalue weighted by atomic mass is 10.2. The van der Waals surface area contributed by atoms with Gasteiger partial charge in [-0.1, -0.05) is 5.21 Å². The van der Waals surface area contributed by atoms with Crippen molar-refractivity contribution in [2.24, 2.45) is 5.73 Å². The van der Waals surface area contributed by atoms with Crippen LogP contribution >= 0.6 is 0 Å². The number of nitrogens with one attached hydrogen (secondary N) is 1. The minimum absolute atomic E-state index is 0.0587. The third kappa shape index (κ3) is 4.19. The molecule has 0 aromatic carbocycles. The van der Waals surface area contributed by atoms with Gasteiger partial charge >= 0.3 is 5.97 Å². The second kappa shape index (κ2) is 5.94. The van der Waals surface area contributed by atoms with Crippen molar-refractivity contribution < 1.29 is 14.7 Å². The molecule has 1 aromatic heterocycles. The highest BCUT2D eigenvalue weighted by Gasteiger charge is 2.14. The Morgan fingerprint density at radius 3 is 2.94 bits per heavy atom. The monoisotopic (exact) mass is 241 g/mol. The molecule has 0 fully saturated rings. The van der Waals surface area contributed by atoms with Crippen LogP contribution in [0.5, 0.6) is 0 Å². The fourth-order valence-electron chi connectivity index (χ4n) is 1.22. The number of carbonyl (C=O) groups excluding carboxylic acids is 1. The summed E-state index contributed by atoms with van der Waals surface area (Å²) in [4.78, 5) is 21.8. The van der Waals surface area contributed by atoms with Gasteiger partial charge in [-0.25, -0.2) is 4.68 Å². The number of nitrogens with two attached hydrogens (primary N) is 1. The quantitative estimate of drug-likeness (QED) is 0.549. The summed E-state index contributed by atoms with van der Waals surface area (Å²) in [5.41, 5.74) is 5.80. The molecule has 0 aliphatic heterocycles. The summed E-state index contributed by atoms with van der Waals surface area (Å²) in [6.45, 7) is 2.42. The number of carboxylic acid groups (broad SMARTS) is 1. The molecular formula is C9H15N5O3. The van der Waals surface area contributed by atoms with Crippen molar-refractivity contribution in [1.29, 1.82) is 0 Å². The predicted octanol–water partition coefficient (Wildman–Crippen LogP) is -1.63. The molecule has 0 radical (unpaired) electrons. The van der Waals surface area contributed by atoms with Crippen LogP contribution in [-0.2, 0) is 22.6 Å². The van der Waals surface area contributed by atoms with E-state index in [-0.39, 0.29) is 18.9 Å². The molecule has 8 heteroatoms. The van der Waals surface area contributed by atoms with Crippen molar-refractivity contribution in [3.8, 4) is 0 Å². The van der Waals surface area contributed by atoms with Crippen molar-refractivity contribution in [2.75, 3.05) is 6.54 Å². The molecule has 0 aliphatic carbocycles. The van der Waals surface area contributed by atoms with E-state index in [1.165, 1.54) is 10.9 Å². The topological polar surface area (TPSA) is 123 Å². The van der Waals surface area contributed by atoms with Gasteiger partial charge < -0.3 is 16.2 Å². The molecule has 1 amide bonds. The predicted molar refractivity (Wildman–Crippen MR) is 58.0 cm³/mol. The number of aliphatic carboxylic acids is 1. The van der Waals surface area contributed by atoms with Crippen molar-refractivity contribution in [1.82, 2.24) is 20.3 Å². The average molecular weight is 241 g/mol. The van der Waals surface area contributed by atoms with E-state index < -0.39 is 12.0 Å². The zero-order valence-corrected chi connectivity index (χ0v) is 9.46. The number of aromatic nitrogens is 3. The van der Waals surface area contributed by atoms with Crippen LogP contribution in [0, 0.1) is 0 Å². The van der Waals surface area contributed by atoms with Gasteiger partial charge in [0, 0.05) is 19.2 Å². The van der Waals surface area contributed by atoms with Crippen molar-refractivity contribution in [3.05, 3.63) is 11.9 Å². The van der Waals surface area contributed by atoms with E-state index in [0.29, 0.717) is 12.2 Å². The zero-order valence-electron chi connectivity index (χ0n) is 9.46. The molecule has 1 aromatic rings. The average Bonchev–Trinajstić information content (AvgIpc) is 2.65. The lowest BCUT2D eigenvalue weighted by Gasteiger charge is -2.02. The molecule has 0 spiro atoms. The second-order valence-electron chi connectivity index (χ2n) is 3.51. The largest absolute Gasteiger partial charge is 0.480 e. The van der Waals surface area contributed by atoms with Crippen LogP contribution in [-0.4, -0.2) is 44.6 Å². The molecule has 4 N–H and O–H groups in total. The molecule has 1 atom stereocenters. The molecule has 0 bridgehead atoms. The van der Waals surface area contributed by atoms with Gasteiger partial charge in [0.2, 0.25) is 5.91 Å². The Kier molecular flexibility index (Phi) is 4.58. The lowest BCUT2D eigenvalue weighted by Crippen LogP contribution is -2.32. The maximum Gasteiger partial charge on any atom is 0.320 e. The molecule has 0 saturated carbocycles. The Labute approximate surface area is 97.8 Å². The van der Waals surface area contributed by atoms with Crippen LogP contribution in [0.3, 0.4) is 0 Å². The number of likely N-dealkylation sites (N-methyl/N-ethyl adjacent to an activating group) is 1. The van der Waals surface area contributed by atoms with Gasteiger partial charge in [0.05, 0.1) is 5.69 Å². The SMILES string of the molecule is CCNC(=O)Cn1cc(CC(N)C(=O)O)nn1. The Balaban J connectivity index is 2.53. The second-order valence-corrected chi connectivity index (χ2v) is 3.51. The van der Waals surface area contributed by atoms with Crippen LogP contribution in [0.15, 0.2) is 6.20 Å². The van der Waals surface area contributed by atoms with Crippen molar-refractivity contribution in [3.63, 3.8) is 0 Å². The summed E-state index contributed by atoms with van der Waals surface area (Å²) >= 11 is 0. The number of nitrogens with zero attached hydrogens (tertiary/aromatic N) is 3. The van der Waals surface area contributed by atoms with Gasteiger partial charge in [-0.2, -0.15) is 0 Å². The maximum absolute atomic E-state index is 11.2. The molecule has 8 nitrogen and oxygen atoms in total. The Morgan fingerprint density at radius 1 is 1.65 bits per heavy atom. The Hall–Kier alpha value is -1.96. The Morgan fingerprint density at radius 2 is 2.35 bits per heavy atom. The minimum atomic E-state index is -1.09. The van der Waals surface area contributed by atoms with E-state index in [1.807, 2.05) is 6.92 Å². The first-order valence-corrected chi connectivity index (χ1v) is 5.17. The number of carboxylic acids is 1. The van der Waals surface area contributed by atoms with E-state index in [9.17, 15) is 9.59 Å². The number of rotatable bonds is 6. The molecule has 1 rings (SSSR count). The summed E-state index contributed by atoms with van der Waals surface area (Å²) in [6.07, 6.45) is 1.60. The third-order valence-corrected chi connectivity index (χ3v) is 2.01. The molecule has 94 valence electrons. The normalized spacial score (nSPS) is 12.1. The van der Waals surface area contributed by atoms with E-state index in [0.717, 1.165) is 0 Å². The van der Waals surface area contributed by atoms with Crippen LogP contribution in [0.1, 0.15) is 12.6 Å². The highest BCUT2D eigenvalue weighted by molar-refractivity contribution is 5.75. The molecule has 0 aliphatic rings. The first kappa shape index (κ1) is 13.1. The smallest absolute Gasteiger partial charge is 0.320 e. The summed E-state index contributed by atoms with van der Waals surface area (Å²) in [5.74, 6) is -1.27.